The summed E-state index contributed by atoms with van der Waals surface area (Å²) in [5.41, 5.74) is 0. The van der Waals surface area contributed by atoms with E-state index < -0.39 is 8.32 Å². The molecule has 11 heteroatoms. The van der Waals surface area contributed by atoms with Crippen molar-refractivity contribution in [3.05, 3.63) is 0 Å². The SMILES string of the molecule is CCN1C(=O)CC(CCC[Si](CCCC2CC(=O)N(CC)C2=O)(CCCC2CC(=O)N(CC)C2=O)OC)C1=O. The summed E-state index contributed by atoms with van der Waals surface area (Å²) >= 11 is 0. The average Bonchev–Trinajstić information content (AvgIpc) is 3.46. The van der Waals surface area contributed by atoms with Gasteiger partial charge in [-0.3, -0.25) is 43.5 Å². The van der Waals surface area contributed by atoms with E-state index in [-0.39, 0.29) is 72.5 Å². The minimum Gasteiger partial charge on any atom is -0.420 e. The van der Waals surface area contributed by atoms with E-state index in [0.717, 1.165) is 37.4 Å². The number of imide groups is 3. The molecule has 39 heavy (non-hydrogen) atoms. The van der Waals surface area contributed by atoms with Crippen LogP contribution in [0.4, 0.5) is 0 Å². The minimum absolute atomic E-state index is 0.0815. The molecule has 0 aliphatic carbocycles. The highest BCUT2D eigenvalue weighted by Gasteiger charge is 2.41. The minimum atomic E-state index is -2.31. The molecular weight excluding hydrogens is 518 g/mol. The van der Waals surface area contributed by atoms with Crippen molar-refractivity contribution in [2.24, 2.45) is 17.8 Å². The van der Waals surface area contributed by atoms with E-state index >= 15 is 0 Å². The summed E-state index contributed by atoms with van der Waals surface area (Å²) in [6, 6.07) is 2.47. The highest BCUT2D eigenvalue weighted by Crippen LogP contribution is 2.35. The van der Waals surface area contributed by atoms with Crippen LogP contribution < -0.4 is 0 Å². The first-order valence-electron chi connectivity index (χ1n) is 14.7. The van der Waals surface area contributed by atoms with E-state index in [1.807, 2.05) is 20.8 Å². The van der Waals surface area contributed by atoms with Crippen molar-refractivity contribution >= 4 is 43.8 Å². The topological polar surface area (TPSA) is 121 Å². The van der Waals surface area contributed by atoms with Crippen LogP contribution in [0.2, 0.25) is 18.1 Å². The second kappa shape index (κ2) is 13.8. The van der Waals surface area contributed by atoms with Gasteiger partial charge in [0, 0.05) is 63.8 Å². The lowest BCUT2D eigenvalue weighted by Gasteiger charge is -2.31. The molecule has 3 unspecified atom stereocenters. The van der Waals surface area contributed by atoms with Gasteiger partial charge in [0.25, 0.3) is 0 Å². The number of amides is 6. The lowest BCUT2D eigenvalue weighted by atomic mass is 10.0. The monoisotopic (exact) mass is 563 g/mol. The molecule has 3 heterocycles. The predicted octanol–water partition coefficient (Wildman–Crippen LogP) is 3.10. The van der Waals surface area contributed by atoms with Crippen LogP contribution in [0.5, 0.6) is 0 Å². The zero-order chi connectivity index (χ0) is 28.7. The molecule has 3 saturated heterocycles. The molecule has 3 atom stereocenters. The van der Waals surface area contributed by atoms with Gasteiger partial charge in [-0.25, -0.2) is 0 Å². The fourth-order valence-corrected chi connectivity index (χ4v) is 10.5. The van der Waals surface area contributed by atoms with Crippen LogP contribution in [-0.2, 0) is 33.2 Å². The first-order valence-corrected chi connectivity index (χ1v) is 17.2. The Hall–Kier alpha value is -2.40. The van der Waals surface area contributed by atoms with Crippen LogP contribution in [0.1, 0.15) is 78.6 Å². The van der Waals surface area contributed by atoms with Crippen LogP contribution in [0.15, 0.2) is 0 Å². The van der Waals surface area contributed by atoms with Crippen LogP contribution in [0, 0.1) is 17.8 Å². The molecule has 218 valence electrons. The van der Waals surface area contributed by atoms with Crippen LogP contribution in [-0.4, -0.2) is 85.2 Å². The summed E-state index contributed by atoms with van der Waals surface area (Å²) in [5.74, 6) is -1.36. The molecular formula is C28H45N3O7Si. The summed E-state index contributed by atoms with van der Waals surface area (Å²) in [6.45, 7) is 6.64. The van der Waals surface area contributed by atoms with E-state index in [1.165, 1.54) is 14.7 Å². The van der Waals surface area contributed by atoms with Crippen LogP contribution in [0.3, 0.4) is 0 Å². The Bertz CT molecular complexity index is 854. The molecule has 6 amide bonds. The van der Waals surface area contributed by atoms with Crippen molar-refractivity contribution in [3.8, 4) is 0 Å². The van der Waals surface area contributed by atoms with Gasteiger partial charge in [0.05, 0.1) is 0 Å². The molecule has 10 nitrogen and oxygen atoms in total. The third-order valence-electron chi connectivity index (χ3n) is 8.95. The predicted molar refractivity (Wildman–Crippen MR) is 146 cm³/mol. The fraction of sp³-hybridized carbons (Fsp3) is 0.786. The van der Waals surface area contributed by atoms with Gasteiger partial charge in [-0.1, -0.05) is 19.3 Å². The Balaban J connectivity index is 1.60. The normalized spacial score (nSPS) is 25.5. The Kier molecular flexibility index (Phi) is 11.0. The number of hydrogen-bond donors (Lipinski definition) is 0. The number of rotatable bonds is 16. The lowest BCUT2D eigenvalue weighted by molar-refractivity contribution is -0.140. The first-order chi connectivity index (χ1) is 18.6. The lowest BCUT2D eigenvalue weighted by Crippen LogP contribution is -2.37. The maximum atomic E-state index is 12.6. The average molecular weight is 564 g/mol. The molecule has 0 radical (unpaired) electrons. The largest absolute Gasteiger partial charge is 0.420 e. The summed E-state index contributed by atoms with van der Waals surface area (Å²) in [4.78, 5) is 78.2. The molecule has 0 aromatic carbocycles. The quantitative estimate of drug-likeness (QED) is 0.209. The highest BCUT2D eigenvalue weighted by atomic mass is 28.4. The van der Waals surface area contributed by atoms with Gasteiger partial charge < -0.3 is 4.43 Å². The molecule has 0 saturated carbocycles. The van der Waals surface area contributed by atoms with Gasteiger partial charge in [0.2, 0.25) is 35.4 Å². The summed E-state index contributed by atoms with van der Waals surface area (Å²) in [6.07, 6.45) is 5.05. The van der Waals surface area contributed by atoms with Crippen LogP contribution >= 0.6 is 0 Å². The second-order valence-electron chi connectivity index (χ2n) is 11.2. The Morgan fingerprint density at radius 3 is 1.08 bits per heavy atom. The van der Waals surface area contributed by atoms with Gasteiger partial charge in [-0.05, 0) is 58.2 Å². The van der Waals surface area contributed by atoms with Crippen molar-refractivity contribution in [2.75, 3.05) is 26.7 Å². The Morgan fingerprint density at radius 2 is 0.872 bits per heavy atom. The second-order valence-corrected chi connectivity index (χ2v) is 15.5. The molecule has 0 aromatic rings. The molecule has 0 bridgehead atoms. The molecule has 3 aliphatic heterocycles. The number of likely N-dealkylation sites (tertiary alicyclic amines) is 3. The number of carbonyl (C=O) groups is 6. The van der Waals surface area contributed by atoms with E-state index in [9.17, 15) is 28.8 Å². The zero-order valence-electron chi connectivity index (χ0n) is 24.0. The molecule has 0 N–H and O–H groups in total. The van der Waals surface area contributed by atoms with Crippen molar-refractivity contribution in [1.29, 1.82) is 0 Å². The fourth-order valence-electron chi connectivity index (χ4n) is 6.62. The Labute approximate surface area is 232 Å². The smallest absolute Gasteiger partial charge is 0.232 e. The van der Waals surface area contributed by atoms with Gasteiger partial charge in [0.15, 0.2) is 8.32 Å². The van der Waals surface area contributed by atoms with E-state index in [0.29, 0.717) is 38.9 Å². The first kappa shape index (κ1) is 31.1. The van der Waals surface area contributed by atoms with Gasteiger partial charge in [-0.15, -0.1) is 0 Å². The standard InChI is InChI=1S/C28H45N3O7Si/c1-5-29-23(32)17-20(26(29)35)11-8-14-39(38-4,15-9-12-21-18-24(33)30(6-2)27(21)36)16-10-13-22-19-25(34)31(7-3)28(22)37/h20-22H,5-19H2,1-4H3. The maximum Gasteiger partial charge on any atom is 0.232 e. The third-order valence-corrected chi connectivity index (χ3v) is 13.6. The summed E-state index contributed by atoms with van der Waals surface area (Å²) in [7, 11) is -0.570. The molecule has 3 rings (SSSR count). The van der Waals surface area contributed by atoms with Crippen LogP contribution in [0.25, 0.3) is 0 Å². The maximum absolute atomic E-state index is 12.6. The van der Waals surface area contributed by atoms with E-state index in [4.69, 9.17) is 4.43 Å². The summed E-state index contributed by atoms with van der Waals surface area (Å²) < 4.78 is 6.25. The third kappa shape index (κ3) is 7.03. The molecule has 3 fully saturated rings. The van der Waals surface area contributed by atoms with Crippen molar-refractivity contribution in [2.45, 2.75) is 96.7 Å². The van der Waals surface area contributed by atoms with Crippen molar-refractivity contribution in [1.82, 2.24) is 14.7 Å². The number of nitrogens with zero attached hydrogens (tertiary/aromatic N) is 3. The van der Waals surface area contributed by atoms with Crippen molar-refractivity contribution in [3.63, 3.8) is 0 Å². The number of hydrogen-bond acceptors (Lipinski definition) is 7. The van der Waals surface area contributed by atoms with Gasteiger partial charge in [0.1, 0.15) is 0 Å². The molecule has 3 aliphatic rings. The number of carbonyl (C=O) groups excluding carboxylic acids is 6. The van der Waals surface area contributed by atoms with Gasteiger partial charge >= 0.3 is 0 Å². The zero-order valence-corrected chi connectivity index (χ0v) is 25.0. The van der Waals surface area contributed by atoms with E-state index in [1.54, 1.807) is 7.11 Å². The molecule has 0 spiro atoms. The Morgan fingerprint density at radius 1 is 0.590 bits per heavy atom. The van der Waals surface area contributed by atoms with Gasteiger partial charge in [-0.2, -0.15) is 0 Å². The van der Waals surface area contributed by atoms with Crippen molar-refractivity contribution < 1.29 is 33.2 Å². The summed E-state index contributed by atoms with van der Waals surface area (Å²) in [5, 5.41) is 0. The van der Waals surface area contributed by atoms with E-state index in [2.05, 4.69) is 0 Å². The highest BCUT2D eigenvalue weighted by molar-refractivity contribution is 6.73. The molecule has 0 aromatic heterocycles.